The summed E-state index contributed by atoms with van der Waals surface area (Å²) in [5.41, 5.74) is 4.66. The average molecular weight is 741 g/mol. The third-order valence-electron chi connectivity index (χ3n) is 11.2. The zero-order valence-corrected chi connectivity index (χ0v) is 29.5. The highest BCUT2D eigenvalue weighted by atomic mass is 35.5. The standard InChI is InChI=1S/C40H32Cl2FN3O6/c1-20-3-13-26(18-31(20)42)45-36(48)28-15-14-27-29(34(28)38(45)50)19-30-37(49)46(44-25-11-9-24(43)10-12-25)39(51)40(30,22-5-7-23(41)8-6-22)35(27)21-4-16-32(47)33(17-21)52-2/h3-14,16-18,28-30,34-35,44,47H,15,19H2,1-2H3/t28-,29+,30-,34-,35-,40+/m0/s1. The van der Waals surface area contributed by atoms with Gasteiger partial charge in [-0.2, -0.15) is 5.01 Å². The zero-order chi connectivity index (χ0) is 36.6. The maximum atomic E-state index is 15.2. The van der Waals surface area contributed by atoms with Gasteiger partial charge in [0, 0.05) is 16.0 Å². The molecule has 4 aliphatic rings. The Labute approximate surface area is 308 Å². The number of hydrazine groups is 1. The van der Waals surface area contributed by atoms with Crippen molar-refractivity contribution in [2.24, 2.45) is 23.7 Å². The second-order valence-corrected chi connectivity index (χ2v) is 14.6. The fraction of sp³-hybridized carbons (Fsp3) is 0.250. The number of allylic oxidation sites excluding steroid dienone is 2. The van der Waals surface area contributed by atoms with Gasteiger partial charge in [-0.05, 0) is 103 Å². The molecule has 0 bridgehead atoms. The van der Waals surface area contributed by atoms with Crippen LogP contribution in [0.25, 0.3) is 0 Å². The molecule has 0 radical (unpaired) electrons. The highest BCUT2D eigenvalue weighted by Crippen LogP contribution is 2.64. The summed E-state index contributed by atoms with van der Waals surface area (Å²) in [5.74, 6) is -6.30. The number of fused-ring (bicyclic) bond motifs is 4. The quantitative estimate of drug-likeness (QED) is 0.157. The number of carbonyl (C=O) groups excluding carboxylic acids is 4. The number of rotatable bonds is 6. The van der Waals surface area contributed by atoms with Crippen LogP contribution in [0.3, 0.4) is 0 Å². The Hall–Kier alpha value is -5.19. The molecule has 4 aromatic carbocycles. The summed E-state index contributed by atoms with van der Waals surface area (Å²) >= 11 is 12.8. The molecule has 4 amide bonds. The molecule has 2 heterocycles. The van der Waals surface area contributed by atoms with E-state index in [0.717, 1.165) is 16.1 Å². The minimum absolute atomic E-state index is 0.0784. The van der Waals surface area contributed by atoms with Crippen molar-refractivity contribution in [2.45, 2.75) is 31.1 Å². The lowest BCUT2D eigenvalue weighted by molar-refractivity contribution is -0.138. The SMILES string of the molecule is COc1cc([C@H]2C3=CC[C@@H]4C(=O)N(c5ccc(C)c(Cl)c5)C(=O)[C@@H]4[C@@H]3C[C@H]3C(=O)N(Nc4ccc(F)cc4)C(=O)[C@@]23c2ccc(Cl)cc2)ccc1O. The summed E-state index contributed by atoms with van der Waals surface area (Å²) in [6, 6.07) is 21.9. The summed E-state index contributed by atoms with van der Waals surface area (Å²) in [6.45, 7) is 1.83. The van der Waals surface area contributed by atoms with E-state index in [-0.39, 0.29) is 30.2 Å². The van der Waals surface area contributed by atoms with Crippen LogP contribution in [0.2, 0.25) is 10.0 Å². The smallest absolute Gasteiger partial charge is 0.260 e. The van der Waals surface area contributed by atoms with Crippen molar-refractivity contribution in [2.75, 3.05) is 17.4 Å². The summed E-state index contributed by atoms with van der Waals surface area (Å²) in [7, 11) is 1.41. The molecule has 3 fully saturated rings. The first kappa shape index (κ1) is 33.9. The van der Waals surface area contributed by atoms with Gasteiger partial charge in [-0.25, -0.2) is 9.29 Å². The summed E-state index contributed by atoms with van der Waals surface area (Å²) in [5, 5.41) is 12.5. The Kier molecular flexibility index (Phi) is 8.15. The number of aromatic hydroxyl groups is 1. The molecule has 8 rings (SSSR count). The zero-order valence-electron chi connectivity index (χ0n) is 28.0. The normalized spacial score (nSPS) is 26.6. The van der Waals surface area contributed by atoms with Gasteiger partial charge < -0.3 is 9.84 Å². The summed E-state index contributed by atoms with van der Waals surface area (Å²) in [6.07, 6.45) is 2.24. The number of nitrogens with zero attached hydrogens (tertiary/aromatic N) is 2. The van der Waals surface area contributed by atoms with Crippen molar-refractivity contribution in [3.05, 3.63) is 129 Å². The van der Waals surface area contributed by atoms with Crippen molar-refractivity contribution in [1.29, 1.82) is 0 Å². The van der Waals surface area contributed by atoms with Gasteiger partial charge in [0.2, 0.25) is 11.8 Å². The van der Waals surface area contributed by atoms with Crippen LogP contribution < -0.4 is 15.1 Å². The first-order valence-corrected chi connectivity index (χ1v) is 17.6. The first-order valence-electron chi connectivity index (χ1n) is 16.8. The van der Waals surface area contributed by atoms with Gasteiger partial charge in [-0.15, -0.1) is 0 Å². The third-order valence-corrected chi connectivity index (χ3v) is 11.9. The molecule has 1 saturated carbocycles. The number of amides is 4. The van der Waals surface area contributed by atoms with E-state index in [0.29, 0.717) is 32.5 Å². The molecule has 6 atom stereocenters. The third kappa shape index (κ3) is 4.95. The molecule has 2 aliphatic carbocycles. The fourth-order valence-corrected chi connectivity index (χ4v) is 9.18. The maximum absolute atomic E-state index is 15.2. The molecule has 0 unspecified atom stereocenters. The Morgan fingerprint density at radius 2 is 1.62 bits per heavy atom. The Morgan fingerprint density at radius 1 is 0.885 bits per heavy atom. The van der Waals surface area contributed by atoms with E-state index in [1.165, 1.54) is 42.3 Å². The lowest BCUT2D eigenvalue weighted by atomic mass is 9.49. The van der Waals surface area contributed by atoms with Crippen molar-refractivity contribution >= 4 is 58.2 Å². The monoisotopic (exact) mass is 739 g/mol. The van der Waals surface area contributed by atoms with Gasteiger partial charge in [0.05, 0.1) is 41.7 Å². The number of hydrogen-bond donors (Lipinski definition) is 2. The minimum atomic E-state index is -1.57. The average Bonchev–Trinajstić information content (AvgIpc) is 3.51. The van der Waals surface area contributed by atoms with Crippen LogP contribution in [0, 0.1) is 36.4 Å². The first-order chi connectivity index (χ1) is 24.9. The predicted molar refractivity (Wildman–Crippen MR) is 192 cm³/mol. The molecule has 9 nitrogen and oxygen atoms in total. The van der Waals surface area contributed by atoms with Crippen LogP contribution in [-0.2, 0) is 24.6 Å². The molecule has 0 spiro atoms. The number of ether oxygens (including phenoxy) is 1. The van der Waals surface area contributed by atoms with Crippen LogP contribution in [0.4, 0.5) is 15.8 Å². The minimum Gasteiger partial charge on any atom is -0.504 e. The maximum Gasteiger partial charge on any atom is 0.260 e. The van der Waals surface area contributed by atoms with Gasteiger partial charge in [-0.1, -0.05) is 59.1 Å². The summed E-state index contributed by atoms with van der Waals surface area (Å²) < 4.78 is 19.4. The second kappa shape index (κ2) is 12.5. The van der Waals surface area contributed by atoms with E-state index in [1.807, 2.05) is 13.0 Å². The van der Waals surface area contributed by atoms with Gasteiger partial charge in [0.15, 0.2) is 11.5 Å². The Bertz CT molecular complexity index is 2210. The number of methoxy groups -OCH3 is 1. The predicted octanol–water partition coefficient (Wildman–Crippen LogP) is 7.34. The molecule has 2 aliphatic heterocycles. The molecule has 12 heteroatoms. The van der Waals surface area contributed by atoms with Crippen LogP contribution >= 0.6 is 23.2 Å². The fourth-order valence-electron chi connectivity index (χ4n) is 8.88. The Morgan fingerprint density at radius 3 is 2.31 bits per heavy atom. The lowest BCUT2D eigenvalue weighted by Crippen LogP contribution is -2.53. The largest absolute Gasteiger partial charge is 0.504 e. The van der Waals surface area contributed by atoms with E-state index in [4.69, 9.17) is 27.9 Å². The molecule has 0 aromatic heterocycles. The molecule has 264 valence electrons. The number of phenolic OH excluding ortho intramolecular Hbond substituents is 1. The van der Waals surface area contributed by atoms with Crippen LogP contribution in [0.15, 0.2) is 96.6 Å². The van der Waals surface area contributed by atoms with Crippen molar-refractivity contribution in [3.8, 4) is 11.5 Å². The highest BCUT2D eigenvalue weighted by molar-refractivity contribution is 6.32. The van der Waals surface area contributed by atoms with Gasteiger partial charge >= 0.3 is 0 Å². The number of carbonyl (C=O) groups is 4. The Balaban J connectivity index is 1.33. The second-order valence-electron chi connectivity index (χ2n) is 13.7. The van der Waals surface area contributed by atoms with E-state index in [1.54, 1.807) is 54.6 Å². The molecule has 52 heavy (non-hydrogen) atoms. The lowest BCUT2D eigenvalue weighted by Gasteiger charge is -2.50. The highest BCUT2D eigenvalue weighted by Gasteiger charge is 2.70. The van der Waals surface area contributed by atoms with Crippen molar-refractivity contribution in [3.63, 3.8) is 0 Å². The number of benzene rings is 4. The van der Waals surface area contributed by atoms with Crippen LogP contribution in [0.5, 0.6) is 11.5 Å². The molecule has 4 aromatic rings. The van der Waals surface area contributed by atoms with Crippen molar-refractivity contribution < 1.29 is 33.4 Å². The van der Waals surface area contributed by atoms with Crippen LogP contribution in [-0.4, -0.2) is 40.9 Å². The molecule has 2 saturated heterocycles. The van der Waals surface area contributed by atoms with E-state index in [9.17, 15) is 23.9 Å². The molecular weight excluding hydrogens is 708 g/mol. The van der Waals surface area contributed by atoms with Gasteiger partial charge in [0.1, 0.15) is 5.82 Å². The van der Waals surface area contributed by atoms with Crippen LogP contribution in [0.1, 0.15) is 35.4 Å². The number of halogens is 3. The number of anilines is 2. The topological polar surface area (TPSA) is 116 Å². The van der Waals surface area contributed by atoms with Gasteiger partial charge in [0.25, 0.3) is 11.8 Å². The van der Waals surface area contributed by atoms with E-state index < -0.39 is 58.5 Å². The molecule has 2 N–H and O–H groups in total. The summed E-state index contributed by atoms with van der Waals surface area (Å²) in [4.78, 5) is 59.8. The van der Waals surface area contributed by atoms with E-state index in [2.05, 4.69) is 5.43 Å². The number of imide groups is 2. The number of phenols is 1. The molecular formula is C40H32Cl2FN3O6. The van der Waals surface area contributed by atoms with Crippen molar-refractivity contribution in [1.82, 2.24) is 5.01 Å². The number of nitrogens with one attached hydrogen (secondary N) is 1. The number of aryl methyl sites for hydroxylation is 1. The van der Waals surface area contributed by atoms with E-state index >= 15 is 4.79 Å². The van der Waals surface area contributed by atoms with Gasteiger partial charge in [-0.3, -0.25) is 24.6 Å². The number of hydrogen-bond acceptors (Lipinski definition) is 7.